The summed E-state index contributed by atoms with van der Waals surface area (Å²) >= 11 is 11.5. The van der Waals surface area contributed by atoms with Crippen molar-refractivity contribution in [3.63, 3.8) is 0 Å². The number of rotatable bonds is 3. The number of benzene rings is 2. The molecule has 0 aliphatic carbocycles. The summed E-state index contributed by atoms with van der Waals surface area (Å²) in [7, 11) is -3.78. The lowest BCUT2D eigenvalue weighted by Gasteiger charge is -2.12. The summed E-state index contributed by atoms with van der Waals surface area (Å²) in [5.41, 5.74) is 1.18. The Hall–Kier alpha value is -1.11. The fraction of sp³-hybridized carbons (Fsp3) is 0. The summed E-state index contributed by atoms with van der Waals surface area (Å²) in [5.74, 6) is 6.10. The summed E-state index contributed by atoms with van der Waals surface area (Å²) in [6.07, 6.45) is 0. The van der Waals surface area contributed by atoms with Gasteiger partial charge in [0.2, 0.25) is 0 Å². The molecule has 0 atom stereocenters. The van der Waals surface area contributed by atoms with Gasteiger partial charge in [-0.3, -0.25) is 4.72 Å². The van der Waals surface area contributed by atoms with Crippen LogP contribution in [0.2, 0.25) is 0 Å². The van der Waals surface area contributed by atoms with Crippen molar-refractivity contribution >= 4 is 74.8 Å². The van der Waals surface area contributed by atoms with Gasteiger partial charge in [0.25, 0.3) is 10.0 Å². The molecule has 0 spiro atoms. The van der Waals surface area contributed by atoms with Gasteiger partial charge in [0.15, 0.2) is 0 Å². The molecule has 2 aromatic carbocycles. The fourth-order valence-corrected chi connectivity index (χ4v) is 7.41. The lowest BCUT2D eigenvalue weighted by molar-refractivity contribution is 0.600. The lowest BCUT2D eigenvalue weighted by atomic mass is 10.2. The van der Waals surface area contributed by atoms with Gasteiger partial charge in [0.1, 0.15) is 4.90 Å². The molecular weight excluding hydrogens is 566 g/mol. The van der Waals surface area contributed by atoms with E-state index in [1.807, 2.05) is 23.6 Å². The van der Waals surface area contributed by atoms with Crippen molar-refractivity contribution in [2.75, 3.05) is 4.72 Å². The van der Waals surface area contributed by atoms with E-state index >= 15 is 0 Å². The molecule has 3 aromatic rings. The third-order valence-corrected chi connectivity index (χ3v) is 7.70. The van der Waals surface area contributed by atoms with Gasteiger partial charge >= 0.3 is 0 Å². The summed E-state index contributed by atoms with van der Waals surface area (Å²) in [6.45, 7) is 0. The van der Waals surface area contributed by atoms with Crippen molar-refractivity contribution in [1.29, 1.82) is 0 Å². The molecule has 0 unspecified atom stereocenters. The molecule has 8 heteroatoms. The molecule has 3 nitrogen and oxygen atoms in total. The van der Waals surface area contributed by atoms with Crippen LogP contribution in [-0.2, 0) is 10.0 Å². The first kappa shape index (κ1) is 19.6. The normalized spacial score (nSPS) is 10.9. The average molecular weight is 576 g/mol. The van der Waals surface area contributed by atoms with E-state index in [-0.39, 0.29) is 4.90 Å². The van der Waals surface area contributed by atoms with Crippen LogP contribution in [0.5, 0.6) is 0 Å². The van der Waals surface area contributed by atoms with Gasteiger partial charge in [-0.2, -0.15) is 0 Å². The zero-order valence-electron chi connectivity index (χ0n) is 13.0. The Bertz CT molecular complexity index is 1090. The molecule has 0 amide bonds. The van der Waals surface area contributed by atoms with Crippen LogP contribution in [0.4, 0.5) is 5.69 Å². The van der Waals surface area contributed by atoms with Crippen LogP contribution in [0.25, 0.3) is 0 Å². The van der Waals surface area contributed by atoms with Gasteiger partial charge in [0.05, 0.1) is 10.6 Å². The van der Waals surface area contributed by atoms with Crippen molar-refractivity contribution in [3.8, 4) is 11.8 Å². The predicted octanol–water partition coefficient (Wildman–Crippen LogP) is 6.24. The molecule has 0 saturated carbocycles. The van der Waals surface area contributed by atoms with Gasteiger partial charge in [-0.25, -0.2) is 8.42 Å². The number of hydrogen-bond donors (Lipinski definition) is 1. The van der Waals surface area contributed by atoms with E-state index in [4.69, 9.17) is 0 Å². The van der Waals surface area contributed by atoms with E-state index < -0.39 is 10.0 Å². The number of anilines is 1. The number of hydrogen-bond acceptors (Lipinski definition) is 3. The highest BCUT2D eigenvalue weighted by molar-refractivity contribution is 9.11. The third-order valence-electron chi connectivity index (χ3n) is 3.20. The van der Waals surface area contributed by atoms with Crippen LogP contribution < -0.4 is 4.72 Å². The molecular formula is C18H10Br3NO2S2. The van der Waals surface area contributed by atoms with E-state index in [0.29, 0.717) is 14.6 Å². The molecule has 26 heavy (non-hydrogen) atoms. The van der Waals surface area contributed by atoms with E-state index in [2.05, 4.69) is 64.4 Å². The minimum absolute atomic E-state index is 0.135. The van der Waals surface area contributed by atoms with Crippen LogP contribution in [0, 0.1) is 11.8 Å². The Morgan fingerprint density at radius 1 is 0.923 bits per heavy atom. The van der Waals surface area contributed by atoms with Crippen molar-refractivity contribution in [1.82, 2.24) is 0 Å². The molecule has 0 fully saturated rings. The molecule has 1 heterocycles. The fourth-order valence-electron chi connectivity index (χ4n) is 2.14. The maximum absolute atomic E-state index is 12.8. The Balaban J connectivity index is 1.90. The Kier molecular flexibility index (Phi) is 6.25. The number of halogens is 3. The van der Waals surface area contributed by atoms with E-state index in [9.17, 15) is 8.42 Å². The lowest BCUT2D eigenvalue weighted by Crippen LogP contribution is -2.14. The van der Waals surface area contributed by atoms with Crippen molar-refractivity contribution in [2.24, 2.45) is 0 Å². The predicted molar refractivity (Wildman–Crippen MR) is 117 cm³/mol. The zero-order chi connectivity index (χ0) is 18.7. The van der Waals surface area contributed by atoms with Crippen molar-refractivity contribution < 1.29 is 8.42 Å². The molecule has 1 aromatic heterocycles. The van der Waals surface area contributed by atoms with Crippen LogP contribution in [0.1, 0.15) is 10.4 Å². The molecule has 0 bridgehead atoms. The largest absolute Gasteiger partial charge is 0.280 e. The Morgan fingerprint density at radius 2 is 1.65 bits per heavy atom. The minimum Gasteiger partial charge on any atom is -0.280 e. The van der Waals surface area contributed by atoms with Crippen LogP contribution in [-0.4, -0.2) is 8.42 Å². The summed E-state index contributed by atoms with van der Waals surface area (Å²) < 4.78 is 29.9. The summed E-state index contributed by atoms with van der Waals surface area (Å²) in [6, 6.07) is 14.2. The standard InChI is InChI=1S/C18H10Br3NO2S2/c19-13-10-16(20)18(17(21)11-13)26(23,24)22-14-4-1-3-12(9-14)6-7-15-5-2-8-25-15/h1-5,8-11,22H. The first-order chi connectivity index (χ1) is 12.3. The molecule has 0 saturated heterocycles. The first-order valence-electron chi connectivity index (χ1n) is 7.18. The Morgan fingerprint density at radius 3 is 2.31 bits per heavy atom. The van der Waals surface area contributed by atoms with E-state index in [1.54, 1.807) is 41.7 Å². The highest BCUT2D eigenvalue weighted by atomic mass is 79.9. The highest BCUT2D eigenvalue weighted by Crippen LogP contribution is 2.34. The summed E-state index contributed by atoms with van der Waals surface area (Å²) in [5, 5.41) is 1.96. The van der Waals surface area contributed by atoms with Crippen LogP contribution >= 0.6 is 59.1 Å². The van der Waals surface area contributed by atoms with Crippen LogP contribution in [0.3, 0.4) is 0 Å². The zero-order valence-corrected chi connectivity index (χ0v) is 19.4. The minimum atomic E-state index is -3.78. The van der Waals surface area contributed by atoms with E-state index in [0.717, 1.165) is 14.9 Å². The maximum atomic E-state index is 12.8. The molecule has 132 valence electrons. The maximum Gasteiger partial charge on any atom is 0.264 e. The van der Waals surface area contributed by atoms with Gasteiger partial charge in [0, 0.05) is 19.0 Å². The first-order valence-corrected chi connectivity index (χ1v) is 11.9. The second kappa shape index (κ2) is 8.28. The van der Waals surface area contributed by atoms with E-state index in [1.165, 1.54) is 0 Å². The topological polar surface area (TPSA) is 46.2 Å². The molecule has 0 radical (unpaired) electrons. The molecule has 0 aliphatic heterocycles. The Labute approximate surface area is 181 Å². The van der Waals surface area contributed by atoms with Crippen molar-refractivity contribution in [2.45, 2.75) is 4.90 Å². The SMILES string of the molecule is O=S(=O)(Nc1cccc(C#Cc2cccs2)c1)c1c(Br)cc(Br)cc1Br. The molecule has 3 rings (SSSR count). The van der Waals surface area contributed by atoms with Gasteiger partial charge in [-0.15, -0.1) is 11.3 Å². The van der Waals surface area contributed by atoms with Gasteiger partial charge in [-0.05, 0) is 73.6 Å². The quantitative estimate of drug-likeness (QED) is 0.376. The van der Waals surface area contributed by atoms with Gasteiger partial charge in [-0.1, -0.05) is 39.9 Å². The number of thiophene rings is 1. The smallest absolute Gasteiger partial charge is 0.264 e. The second-order valence-electron chi connectivity index (χ2n) is 5.11. The molecule has 0 aliphatic rings. The highest BCUT2D eigenvalue weighted by Gasteiger charge is 2.22. The average Bonchev–Trinajstić information content (AvgIpc) is 3.05. The monoisotopic (exact) mass is 573 g/mol. The number of sulfonamides is 1. The van der Waals surface area contributed by atoms with Gasteiger partial charge < -0.3 is 0 Å². The molecule has 1 N–H and O–H groups in total. The summed E-state index contributed by atoms with van der Waals surface area (Å²) in [4.78, 5) is 1.09. The number of nitrogens with one attached hydrogen (secondary N) is 1. The van der Waals surface area contributed by atoms with Crippen LogP contribution in [0.15, 0.2) is 72.2 Å². The third kappa shape index (κ3) is 4.78. The van der Waals surface area contributed by atoms with Crippen molar-refractivity contribution in [3.05, 3.63) is 77.8 Å². The second-order valence-corrected chi connectivity index (χ2v) is 10.3.